The maximum Gasteiger partial charge on any atom is 0.159 e. The molecule has 1 fully saturated rings. The Morgan fingerprint density at radius 2 is 2.00 bits per heavy atom. The van der Waals surface area contributed by atoms with E-state index in [9.17, 15) is 8.78 Å². The number of thiocarbonyl (C=S) groups is 1. The molecule has 20 heavy (non-hydrogen) atoms. The molecule has 1 aromatic carbocycles. The third-order valence-electron chi connectivity index (χ3n) is 3.59. The summed E-state index contributed by atoms with van der Waals surface area (Å²) in [7, 11) is 0. The quantitative estimate of drug-likeness (QED) is 0.846. The summed E-state index contributed by atoms with van der Waals surface area (Å²) in [4.78, 5) is 3.57. The van der Waals surface area contributed by atoms with Crippen molar-refractivity contribution in [3.63, 3.8) is 0 Å². The second-order valence-electron chi connectivity index (χ2n) is 5.22. The molecule has 0 spiro atoms. The largest absolute Gasteiger partial charge is 0.389 e. The molecule has 1 aliphatic carbocycles. The lowest BCUT2D eigenvalue weighted by Gasteiger charge is -2.01. The molecule has 0 radical (unpaired) electrons. The molecule has 3 N–H and O–H groups in total. The first kappa shape index (κ1) is 13.2. The number of nitrogens with two attached hydrogens (primary N) is 1. The van der Waals surface area contributed by atoms with E-state index >= 15 is 0 Å². The Kier molecular flexibility index (Phi) is 3.30. The predicted octanol–water partition coefficient (Wildman–Crippen LogP) is 3.55. The molecule has 0 atom stereocenters. The lowest BCUT2D eigenvalue weighted by Crippen LogP contribution is -2.11. The van der Waals surface area contributed by atoms with Crippen molar-refractivity contribution in [3.05, 3.63) is 47.2 Å². The van der Waals surface area contributed by atoms with Crippen LogP contribution in [-0.4, -0.2) is 9.97 Å². The molecule has 1 aromatic heterocycles. The summed E-state index contributed by atoms with van der Waals surface area (Å²) in [5.74, 6) is -1.04. The summed E-state index contributed by atoms with van der Waals surface area (Å²) >= 11 is 5.06. The Bertz CT molecular complexity index is 675. The first-order valence-corrected chi connectivity index (χ1v) is 6.92. The van der Waals surface area contributed by atoms with Crippen molar-refractivity contribution in [2.24, 2.45) is 11.7 Å². The van der Waals surface area contributed by atoms with Crippen molar-refractivity contribution in [2.75, 3.05) is 0 Å². The van der Waals surface area contributed by atoms with Crippen LogP contribution in [0.2, 0.25) is 0 Å². The first-order valence-electron chi connectivity index (χ1n) is 6.51. The lowest BCUT2D eigenvalue weighted by atomic mass is 10.1. The van der Waals surface area contributed by atoms with Gasteiger partial charge in [0.2, 0.25) is 0 Å². The Hall–Kier alpha value is -1.75. The minimum atomic E-state index is -0.863. The monoisotopic (exact) mass is 292 g/mol. The molecule has 5 heteroatoms. The molecule has 104 valence electrons. The predicted molar refractivity (Wildman–Crippen MR) is 78.5 cm³/mol. The summed E-state index contributed by atoms with van der Waals surface area (Å²) in [6.45, 7) is 0. The van der Waals surface area contributed by atoms with E-state index in [0.717, 1.165) is 23.7 Å². The number of hydrogen-bond donors (Lipinski definition) is 2. The number of nitrogens with one attached hydrogen (secondary N) is 1. The van der Waals surface area contributed by atoms with Crippen LogP contribution in [-0.2, 0) is 6.42 Å². The number of hydrogen-bond acceptors (Lipinski definition) is 1. The first-order chi connectivity index (χ1) is 9.54. The van der Waals surface area contributed by atoms with Crippen LogP contribution in [0.15, 0.2) is 24.3 Å². The molecular formula is C15H14F2N2S. The van der Waals surface area contributed by atoms with Crippen molar-refractivity contribution in [2.45, 2.75) is 19.3 Å². The average Bonchev–Trinajstić information content (AvgIpc) is 3.10. The van der Waals surface area contributed by atoms with E-state index < -0.39 is 11.6 Å². The van der Waals surface area contributed by atoms with Gasteiger partial charge >= 0.3 is 0 Å². The number of aromatic amines is 1. The van der Waals surface area contributed by atoms with Gasteiger partial charge in [0.1, 0.15) is 4.99 Å². The normalized spacial score (nSPS) is 14.5. The number of rotatable bonds is 4. The highest BCUT2D eigenvalue weighted by Crippen LogP contribution is 2.34. The van der Waals surface area contributed by atoms with Crippen LogP contribution >= 0.6 is 12.2 Å². The van der Waals surface area contributed by atoms with E-state index in [1.54, 1.807) is 0 Å². The van der Waals surface area contributed by atoms with Crippen LogP contribution in [0.1, 0.15) is 24.1 Å². The zero-order valence-corrected chi connectivity index (χ0v) is 11.6. The van der Waals surface area contributed by atoms with Crippen molar-refractivity contribution < 1.29 is 8.78 Å². The standard InChI is InChI=1S/C15H14F2N2S/c16-11-4-3-9(6-12(11)17)13-7-10(15(18)20)14(19-13)5-8-1-2-8/h3-4,6-8,19H,1-2,5H2,(H2,18,20). The van der Waals surface area contributed by atoms with E-state index in [1.165, 1.54) is 25.0 Å². The fourth-order valence-electron chi connectivity index (χ4n) is 2.31. The van der Waals surface area contributed by atoms with Crippen molar-refractivity contribution in [1.29, 1.82) is 0 Å². The minimum absolute atomic E-state index is 0.325. The van der Waals surface area contributed by atoms with E-state index in [2.05, 4.69) is 4.98 Å². The second kappa shape index (κ2) is 4.98. The van der Waals surface area contributed by atoms with Crippen LogP contribution < -0.4 is 5.73 Å². The fourth-order valence-corrected chi connectivity index (χ4v) is 2.49. The van der Waals surface area contributed by atoms with Gasteiger partial charge in [-0.3, -0.25) is 0 Å². The van der Waals surface area contributed by atoms with Gasteiger partial charge in [-0.05, 0) is 49.4 Å². The van der Waals surface area contributed by atoms with E-state index in [4.69, 9.17) is 18.0 Å². The summed E-state index contributed by atoms with van der Waals surface area (Å²) < 4.78 is 26.3. The molecular weight excluding hydrogens is 278 g/mol. The zero-order chi connectivity index (χ0) is 14.3. The van der Waals surface area contributed by atoms with Gasteiger partial charge in [0.15, 0.2) is 11.6 Å². The van der Waals surface area contributed by atoms with Crippen molar-refractivity contribution >= 4 is 17.2 Å². The number of benzene rings is 1. The molecule has 0 aliphatic heterocycles. The third kappa shape index (κ3) is 2.58. The molecule has 1 heterocycles. The van der Waals surface area contributed by atoms with Gasteiger partial charge < -0.3 is 10.7 Å². The van der Waals surface area contributed by atoms with Gasteiger partial charge in [0.05, 0.1) is 0 Å². The lowest BCUT2D eigenvalue weighted by molar-refractivity contribution is 0.509. The number of H-pyrrole nitrogens is 1. The molecule has 0 amide bonds. The van der Waals surface area contributed by atoms with Crippen molar-refractivity contribution in [3.8, 4) is 11.3 Å². The minimum Gasteiger partial charge on any atom is -0.389 e. The molecule has 0 unspecified atom stereocenters. The van der Waals surface area contributed by atoms with E-state index in [1.807, 2.05) is 6.07 Å². The summed E-state index contributed by atoms with van der Waals surface area (Å²) in [6, 6.07) is 5.64. The Morgan fingerprint density at radius 1 is 1.25 bits per heavy atom. The molecule has 1 aliphatic rings. The molecule has 3 rings (SSSR count). The highest BCUT2D eigenvalue weighted by Gasteiger charge is 2.24. The molecule has 2 nitrogen and oxygen atoms in total. The average molecular weight is 292 g/mol. The maximum absolute atomic E-state index is 13.3. The Balaban J connectivity index is 2.00. The molecule has 0 saturated heterocycles. The third-order valence-corrected chi connectivity index (χ3v) is 3.81. The van der Waals surface area contributed by atoms with E-state index in [0.29, 0.717) is 22.2 Å². The van der Waals surface area contributed by atoms with Gasteiger partial charge in [-0.1, -0.05) is 12.2 Å². The van der Waals surface area contributed by atoms with Crippen LogP contribution in [0.5, 0.6) is 0 Å². The van der Waals surface area contributed by atoms with Gasteiger partial charge in [-0.15, -0.1) is 0 Å². The zero-order valence-electron chi connectivity index (χ0n) is 10.7. The van der Waals surface area contributed by atoms with Crippen molar-refractivity contribution in [1.82, 2.24) is 4.98 Å². The van der Waals surface area contributed by atoms with Gasteiger partial charge in [-0.25, -0.2) is 8.78 Å². The fraction of sp³-hybridized carbons (Fsp3) is 0.267. The summed E-state index contributed by atoms with van der Waals surface area (Å²) in [5, 5.41) is 0. The summed E-state index contributed by atoms with van der Waals surface area (Å²) in [5.41, 5.74) is 8.81. The van der Waals surface area contributed by atoms with Crippen LogP contribution in [0.25, 0.3) is 11.3 Å². The molecule has 1 saturated carbocycles. The Morgan fingerprint density at radius 3 is 2.60 bits per heavy atom. The topological polar surface area (TPSA) is 41.8 Å². The van der Waals surface area contributed by atoms with Gasteiger partial charge in [-0.2, -0.15) is 0 Å². The highest BCUT2D eigenvalue weighted by molar-refractivity contribution is 7.80. The Labute approximate surface area is 121 Å². The molecule has 0 bridgehead atoms. The summed E-state index contributed by atoms with van der Waals surface area (Å²) in [6.07, 6.45) is 3.34. The second-order valence-corrected chi connectivity index (χ2v) is 5.66. The van der Waals surface area contributed by atoms with Crippen LogP contribution in [0.4, 0.5) is 8.78 Å². The SMILES string of the molecule is NC(=S)c1cc(-c2ccc(F)c(F)c2)[nH]c1CC1CC1. The number of halogens is 2. The maximum atomic E-state index is 13.3. The highest BCUT2D eigenvalue weighted by atomic mass is 32.1. The van der Waals surface area contributed by atoms with Gasteiger partial charge in [0.25, 0.3) is 0 Å². The van der Waals surface area contributed by atoms with Gasteiger partial charge in [0, 0.05) is 22.5 Å². The number of aromatic nitrogens is 1. The molecule has 2 aromatic rings. The van der Waals surface area contributed by atoms with Crippen LogP contribution in [0.3, 0.4) is 0 Å². The smallest absolute Gasteiger partial charge is 0.159 e. The van der Waals surface area contributed by atoms with E-state index in [-0.39, 0.29) is 0 Å². The van der Waals surface area contributed by atoms with Crippen LogP contribution in [0, 0.1) is 17.6 Å².